The number of nitrogens with one attached hydrogen (secondary N) is 2. The lowest BCUT2D eigenvalue weighted by Crippen LogP contribution is -1.99. The second-order valence-electron chi connectivity index (χ2n) is 4.62. The summed E-state index contributed by atoms with van der Waals surface area (Å²) in [5.41, 5.74) is 5.09. The molecule has 1 aliphatic rings. The van der Waals surface area contributed by atoms with E-state index >= 15 is 0 Å². The number of fused-ring (bicyclic) bond motifs is 1. The summed E-state index contributed by atoms with van der Waals surface area (Å²) in [7, 11) is 0. The number of benzene rings is 1. The molecule has 2 N–H and O–H groups in total. The Morgan fingerprint density at radius 3 is 2.94 bits per heavy atom. The van der Waals surface area contributed by atoms with E-state index in [0.717, 1.165) is 18.8 Å². The largest absolute Gasteiger partial charge is 0.368 e. The third kappa shape index (κ3) is 1.82. The van der Waals surface area contributed by atoms with E-state index in [1.54, 1.807) is 0 Å². The van der Waals surface area contributed by atoms with Gasteiger partial charge in [-0.3, -0.25) is 5.10 Å². The van der Waals surface area contributed by atoms with E-state index in [1.807, 2.05) is 0 Å². The predicted molar refractivity (Wildman–Crippen MR) is 70.2 cm³/mol. The molecule has 1 aromatic carbocycles. The van der Waals surface area contributed by atoms with Crippen LogP contribution < -0.4 is 5.32 Å². The molecular formula is C14H17N3. The van der Waals surface area contributed by atoms with Gasteiger partial charge in [0.1, 0.15) is 0 Å². The van der Waals surface area contributed by atoms with Crippen LogP contribution in [0, 0.1) is 6.92 Å². The zero-order valence-electron chi connectivity index (χ0n) is 10.1. The molecule has 0 spiro atoms. The van der Waals surface area contributed by atoms with Gasteiger partial charge in [-0.25, -0.2) is 0 Å². The average molecular weight is 227 g/mol. The van der Waals surface area contributed by atoms with Gasteiger partial charge in [0.2, 0.25) is 0 Å². The molecule has 0 radical (unpaired) electrons. The number of aryl methyl sites for hydroxylation is 1. The van der Waals surface area contributed by atoms with E-state index in [1.165, 1.54) is 35.2 Å². The van der Waals surface area contributed by atoms with Crippen LogP contribution in [0.5, 0.6) is 0 Å². The van der Waals surface area contributed by atoms with Crippen LogP contribution in [-0.4, -0.2) is 16.7 Å². The van der Waals surface area contributed by atoms with Gasteiger partial charge in [-0.15, -0.1) is 0 Å². The number of anilines is 1. The van der Waals surface area contributed by atoms with Crippen molar-refractivity contribution in [1.29, 1.82) is 0 Å². The fourth-order valence-electron chi connectivity index (χ4n) is 2.46. The molecule has 3 nitrogen and oxygen atoms in total. The Hall–Kier alpha value is -1.77. The number of hydrogen-bond acceptors (Lipinski definition) is 2. The molecule has 0 fully saturated rings. The summed E-state index contributed by atoms with van der Waals surface area (Å²) in [5.74, 6) is 1.04. The fourth-order valence-corrected chi connectivity index (χ4v) is 2.46. The van der Waals surface area contributed by atoms with Gasteiger partial charge >= 0.3 is 0 Å². The van der Waals surface area contributed by atoms with Crippen molar-refractivity contribution in [3.8, 4) is 11.3 Å². The molecule has 0 bridgehead atoms. The Labute approximate surface area is 101 Å². The maximum atomic E-state index is 4.40. The SMILES string of the molecule is Cc1ccccc1-c1[nH]nc2c1CCCCN2. The maximum absolute atomic E-state index is 4.40. The average Bonchev–Trinajstić information content (AvgIpc) is 2.59. The third-order valence-corrected chi connectivity index (χ3v) is 3.43. The summed E-state index contributed by atoms with van der Waals surface area (Å²) in [6, 6.07) is 8.46. The van der Waals surface area contributed by atoms with Crippen LogP contribution in [0.2, 0.25) is 0 Å². The van der Waals surface area contributed by atoms with E-state index in [4.69, 9.17) is 0 Å². The van der Waals surface area contributed by atoms with Crippen LogP contribution in [0.25, 0.3) is 11.3 Å². The van der Waals surface area contributed by atoms with E-state index < -0.39 is 0 Å². The number of aromatic amines is 1. The van der Waals surface area contributed by atoms with Crippen LogP contribution in [0.15, 0.2) is 24.3 Å². The van der Waals surface area contributed by atoms with Crippen molar-refractivity contribution in [2.24, 2.45) is 0 Å². The zero-order valence-corrected chi connectivity index (χ0v) is 10.1. The molecule has 0 amide bonds. The number of rotatable bonds is 1. The minimum Gasteiger partial charge on any atom is -0.368 e. The molecule has 17 heavy (non-hydrogen) atoms. The molecule has 0 saturated carbocycles. The minimum absolute atomic E-state index is 1.03. The second-order valence-corrected chi connectivity index (χ2v) is 4.62. The Balaban J connectivity index is 2.10. The lowest BCUT2D eigenvalue weighted by Gasteiger charge is -2.06. The Kier molecular flexibility index (Phi) is 2.59. The summed E-state index contributed by atoms with van der Waals surface area (Å²) in [4.78, 5) is 0. The molecule has 0 atom stereocenters. The van der Waals surface area contributed by atoms with Crippen molar-refractivity contribution in [3.63, 3.8) is 0 Å². The minimum atomic E-state index is 1.03. The standard InChI is InChI=1S/C14H17N3/c1-10-6-2-3-7-11(10)13-12-8-4-5-9-15-14(12)17-16-13/h2-3,6-7H,4-5,8-9H2,1H3,(H2,15,16,17). The summed E-state index contributed by atoms with van der Waals surface area (Å²) in [6.45, 7) is 3.18. The second kappa shape index (κ2) is 4.24. The molecule has 2 aromatic rings. The Bertz CT molecular complexity index is 528. The topological polar surface area (TPSA) is 40.7 Å². The number of nitrogens with zero attached hydrogens (tertiary/aromatic N) is 1. The van der Waals surface area contributed by atoms with Crippen molar-refractivity contribution >= 4 is 5.82 Å². The van der Waals surface area contributed by atoms with Gasteiger partial charge < -0.3 is 5.32 Å². The van der Waals surface area contributed by atoms with E-state index in [-0.39, 0.29) is 0 Å². The van der Waals surface area contributed by atoms with Crippen LogP contribution in [0.4, 0.5) is 5.82 Å². The van der Waals surface area contributed by atoms with Gasteiger partial charge in [-0.05, 0) is 31.7 Å². The first-order valence-electron chi connectivity index (χ1n) is 6.23. The first-order chi connectivity index (χ1) is 8.36. The van der Waals surface area contributed by atoms with Crippen LogP contribution in [0.3, 0.4) is 0 Å². The number of hydrogen-bond donors (Lipinski definition) is 2. The van der Waals surface area contributed by atoms with Crippen molar-refractivity contribution in [2.45, 2.75) is 26.2 Å². The number of H-pyrrole nitrogens is 1. The quantitative estimate of drug-likeness (QED) is 0.785. The molecule has 3 heteroatoms. The van der Waals surface area contributed by atoms with E-state index in [2.05, 4.69) is 46.7 Å². The first-order valence-corrected chi connectivity index (χ1v) is 6.23. The van der Waals surface area contributed by atoms with Crippen molar-refractivity contribution < 1.29 is 0 Å². The van der Waals surface area contributed by atoms with Gasteiger partial charge in [-0.2, -0.15) is 5.10 Å². The van der Waals surface area contributed by atoms with E-state index in [0.29, 0.717) is 0 Å². The summed E-state index contributed by atoms with van der Waals surface area (Å²) in [5, 5.41) is 11.0. The van der Waals surface area contributed by atoms with Gasteiger partial charge in [0, 0.05) is 17.7 Å². The third-order valence-electron chi connectivity index (χ3n) is 3.43. The lowest BCUT2D eigenvalue weighted by molar-refractivity contribution is 0.783. The molecule has 0 saturated heterocycles. The van der Waals surface area contributed by atoms with Crippen LogP contribution in [-0.2, 0) is 6.42 Å². The highest BCUT2D eigenvalue weighted by molar-refractivity contribution is 5.71. The normalized spacial score (nSPS) is 14.9. The van der Waals surface area contributed by atoms with Gasteiger partial charge in [0.15, 0.2) is 5.82 Å². The summed E-state index contributed by atoms with van der Waals surface area (Å²) < 4.78 is 0. The Morgan fingerprint density at radius 2 is 2.06 bits per heavy atom. The lowest BCUT2D eigenvalue weighted by atomic mass is 10.00. The first kappa shape index (κ1) is 10.4. The molecule has 0 aliphatic carbocycles. The smallest absolute Gasteiger partial charge is 0.151 e. The number of aromatic nitrogens is 2. The molecule has 88 valence electrons. The molecule has 2 heterocycles. The molecule has 1 aliphatic heterocycles. The fraction of sp³-hybridized carbons (Fsp3) is 0.357. The molecule has 0 unspecified atom stereocenters. The van der Waals surface area contributed by atoms with Crippen molar-refractivity contribution in [3.05, 3.63) is 35.4 Å². The molecule has 3 rings (SSSR count). The highest BCUT2D eigenvalue weighted by atomic mass is 15.2. The van der Waals surface area contributed by atoms with Crippen molar-refractivity contribution in [2.75, 3.05) is 11.9 Å². The zero-order chi connectivity index (χ0) is 11.7. The highest BCUT2D eigenvalue weighted by Gasteiger charge is 2.17. The van der Waals surface area contributed by atoms with E-state index in [9.17, 15) is 0 Å². The predicted octanol–water partition coefficient (Wildman–Crippen LogP) is 3.13. The van der Waals surface area contributed by atoms with Gasteiger partial charge in [-0.1, -0.05) is 24.3 Å². The summed E-state index contributed by atoms with van der Waals surface area (Å²) in [6.07, 6.45) is 3.57. The molecular weight excluding hydrogens is 210 g/mol. The van der Waals surface area contributed by atoms with Crippen LogP contribution in [0.1, 0.15) is 24.0 Å². The van der Waals surface area contributed by atoms with Crippen LogP contribution >= 0.6 is 0 Å². The molecule has 1 aromatic heterocycles. The monoisotopic (exact) mass is 227 g/mol. The maximum Gasteiger partial charge on any atom is 0.151 e. The summed E-state index contributed by atoms with van der Waals surface area (Å²) >= 11 is 0. The Morgan fingerprint density at radius 1 is 1.18 bits per heavy atom. The van der Waals surface area contributed by atoms with Gasteiger partial charge in [0.05, 0.1) is 5.69 Å². The highest BCUT2D eigenvalue weighted by Crippen LogP contribution is 2.31. The van der Waals surface area contributed by atoms with Gasteiger partial charge in [0.25, 0.3) is 0 Å². The van der Waals surface area contributed by atoms with Crippen molar-refractivity contribution in [1.82, 2.24) is 10.2 Å².